The average molecular weight is 488 g/mol. The van der Waals surface area contributed by atoms with Gasteiger partial charge in [0.1, 0.15) is 4.83 Å². The molecule has 0 aliphatic carbocycles. The van der Waals surface area contributed by atoms with Crippen LogP contribution in [-0.4, -0.2) is 36.4 Å². The Hall–Kier alpha value is -2.21. The van der Waals surface area contributed by atoms with E-state index in [4.69, 9.17) is 9.72 Å². The summed E-state index contributed by atoms with van der Waals surface area (Å²) in [5.41, 5.74) is 3.02. The number of nitro benzene ring substituents is 1. The largest absolute Gasteiger partial charge is 0.369 e. The molecular weight excluding hydrogens is 466 g/mol. The summed E-state index contributed by atoms with van der Waals surface area (Å²) >= 11 is 4.81. The standard InChI is InChI=1S/C21H21N5O3S3/c1-4-21(2)9-14-15(10-29-21)32-18-16(14)17-23-24-20(25(17)19(22-18)30-3)31-11-12-5-7-13(8-6-12)26(27)28/h5-8H,4,9-11H2,1-3H3. The van der Waals surface area contributed by atoms with Gasteiger partial charge in [0.2, 0.25) is 0 Å². The highest BCUT2D eigenvalue weighted by Gasteiger charge is 2.33. The Balaban J connectivity index is 1.54. The molecule has 0 fully saturated rings. The quantitative estimate of drug-likeness (QED) is 0.152. The van der Waals surface area contributed by atoms with Gasteiger partial charge in [-0.2, -0.15) is 0 Å². The van der Waals surface area contributed by atoms with Gasteiger partial charge in [-0.1, -0.05) is 42.6 Å². The van der Waals surface area contributed by atoms with Gasteiger partial charge in [-0.3, -0.25) is 10.1 Å². The number of nitro groups is 1. The maximum absolute atomic E-state index is 10.9. The van der Waals surface area contributed by atoms with Gasteiger partial charge >= 0.3 is 0 Å². The first-order chi connectivity index (χ1) is 15.4. The number of rotatable bonds is 6. The molecule has 1 unspecified atom stereocenters. The highest BCUT2D eigenvalue weighted by atomic mass is 32.2. The molecule has 0 saturated heterocycles. The summed E-state index contributed by atoms with van der Waals surface area (Å²) in [7, 11) is 0. The smallest absolute Gasteiger partial charge is 0.269 e. The lowest BCUT2D eigenvalue weighted by atomic mass is 9.90. The van der Waals surface area contributed by atoms with Gasteiger partial charge < -0.3 is 4.74 Å². The molecular formula is C21H21N5O3S3. The number of benzene rings is 1. The van der Waals surface area contributed by atoms with Crippen molar-refractivity contribution >= 4 is 56.4 Å². The molecule has 0 saturated carbocycles. The minimum atomic E-state index is -0.388. The zero-order valence-corrected chi connectivity index (χ0v) is 20.3. The molecule has 11 heteroatoms. The van der Waals surface area contributed by atoms with Gasteiger partial charge in [-0.15, -0.1) is 21.5 Å². The first-order valence-electron chi connectivity index (χ1n) is 10.2. The van der Waals surface area contributed by atoms with E-state index in [1.165, 1.54) is 22.6 Å². The number of hydrogen-bond acceptors (Lipinski definition) is 9. The molecule has 0 amide bonds. The first-order valence-corrected chi connectivity index (χ1v) is 13.2. The molecule has 5 rings (SSSR count). The van der Waals surface area contributed by atoms with Crippen molar-refractivity contribution < 1.29 is 9.66 Å². The lowest BCUT2D eigenvalue weighted by molar-refractivity contribution is -0.384. The number of hydrogen-bond donors (Lipinski definition) is 0. The Labute approximate surface area is 196 Å². The maximum Gasteiger partial charge on any atom is 0.269 e. The molecule has 0 spiro atoms. The van der Waals surface area contributed by atoms with Crippen LogP contribution in [0.25, 0.3) is 15.9 Å². The summed E-state index contributed by atoms with van der Waals surface area (Å²) in [5, 5.41) is 22.6. The number of ether oxygens (including phenoxy) is 1. The molecule has 1 aliphatic heterocycles. The normalized spacial score (nSPS) is 18.3. The van der Waals surface area contributed by atoms with E-state index in [2.05, 4.69) is 24.0 Å². The Morgan fingerprint density at radius 2 is 2.06 bits per heavy atom. The van der Waals surface area contributed by atoms with Crippen LogP contribution in [0.5, 0.6) is 0 Å². The van der Waals surface area contributed by atoms with Crippen molar-refractivity contribution in [2.24, 2.45) is 0 Å². The molecule has 0 radical (unpaired) electrons. The van der Waals surface area contributed by atoms with E-state index in [-0.39, 0.29) is 16.2 Å². The van der Waals surface area contributed by atoms with Crippen LogP contribution in [0, 0.1) is 10.1 Å². The molecule has 166 valence electrons. The van der Waals surface area contributed by atoms with E-state index in [0.29, 0.717) is 12.4 Å². The Bertz CT molecular complexity index is 1330. The van der Waals surface area contributed by atoms with Crippen LogP contribution in [0.3, 0.4) is 0 Å². The van der Waals surface area contributed by atoms with E-state index in [0.717, 1.165) is 44.6 Å². The molecule has 0 bridgehead atoms. The third-order valence-electron chi connectivity index (χ3n) is 5.87. The van der Waals surface area contributed by atoms with Gasteiger partial charge in [0.15, 0.2) is 16.0 Å². The molecule has 0 N–H and O–H groups in total. The summed E-state index contributed by atoms with van der Waals surface area (Å²) in [4.78, 5) is 17.6. The topological polar surface area (TPSA) is 95.5 Å². The van der Waals surface area contributed by atoms with Gasteiger partial charge in [0, 0.05) is 29.2 Å². The van der Waals surface area contributed by atoms with Crippen LogP contribution in [0.2, 0.25) is 0 Å². The average Bonchev–Trinajstić information content (AvgIpc) is 3.38. The van der Waals surface area contributed by atoms with E-state index in [1.807, 2.05) is 10.7 Å². The second kappa shape index (κ2) is 8.29. The van der Waals surface area contributed by atoms with Gasteiger partial charge in [-0.25, -0.2) is 9.38 Å². The fraction of sp³-hybridized carbons (Fsp3) is 0.381. The predicted octanol–water partition coefficient (Wildman–Crippen LogP) is 5.50. The molecule has 4 heterocycles. The van der Waals surface area contributed by atoms with Crippen LogP contribution >= 0.6 is 34.9 Å². The minimum Gasteiger partial charge on any atom is -0.369 e. The predicted molar refractivity (Wildman–Crippen MR) is 128 cm³/mol. The monoisotopic (exact) mass is 487 g/mol. The number of aromatic nitrogens is 4. The van der Waals surface area contributed by atoms with Crippen molar-refractivity contribution in [1.82, 2.24) is 19.6 Å². The number of non-ortho nitro benzene ring substituents is 1. The van der Waals surface area contributed by atoms with Gasteiger partial charge in [0.05, 0.1) is 22.5 Å². The van der Waals surface area contributed by atoms with Crippen molar-refractivity contribution in [3.8, 4) is 0 Å². The molecule has 1 atom stereocenters. The second-order valence-corrected chi connectivity index (χ2v) is 10.7. The first kappa shape index (κ1) is 21.6. The van der Waals surface area contributed by atoms with E-state index < -0.39 is 0 Å². The summed E-state index contributed by atoms with van der Waals surface area (Å²) in [5.74, 6) is 0.633. The third-order valence-corrected chi connectivity index (χ3v) is 8.60. The number of thiophene rings is 1. The Kier molecular flexibility index (Phi) is 5.60. The van der Waals surface area contributed by atoms with Crippen LogP contribution in [0.15, 0.2) is 34.6 Å². The number of thioether (sulfide) groups is 2. The zero-order valence-electron chi connectivity index (χ0n) is 17.8. The van der Waals surface area contributed by atoms with Gasteiger partial charge in [0.25, 0.3) is 5.69 Å². The zero-order chi connectivity index (χ0) is 22.5. The Morgan fingerprint density at radius 1 is 1.28 bits per heavy atom. The molecule has 1 aromatic carbocycles. The molecule has 3 aromatic heterocycles. The Morgan fingerprint density at radius 3 is 2.75 bits per heavy atom. The third kappa shape index (κ3) is 3.66. The van der Waals surface area contributed by atoms with Crippen LogP contribution in [-0.2, 0) is 23.5 Å². The van der Waals surface area contributed by atoms with E-state index in [9.17, 15) is 10.1 Å². The lowest BCUT2D eigenvalue weighted by Crippen LogP contribution is -2.33. The van der Waals surface area contributed by atoms with Crippen molar-refractivity contribution in [1.29, 1.82) is 0 Å². The molecule has 4 aromatic rings. The molecule has 32 heavy (non-hydrogen) atoms. The lowest BCUT2D eigenvalue weighted by Gasteiger charge is -2.32. The van der Waals surface area contributed by atoms with Crippen molar-refractivity contribution in [3.63, 3.8) is 0 Å². The van der Waals surface area contributed by atoms with Crippen LogP contribution in [0.4, 0.5) is 5.69 Å². The number of fused-ring (bicyclic) bond motifs is 5. The fourth-order valence-corrected chi connectivity index (χ4v) is 6.48. The molecule has 1 aliphatic rings. The van der Waals surface area contributed by atoms with Crippen molar-refractivity contribution in [2.75, 3.05) is 6.26 Å². The fourth-order valence-electron chi connectivity index (χ4n) is 3.84. The van der Waals surface area contributed by atoms with E-state index in [1.54, 1.807) is 47.0 Å². The summed E-state index contributed by atoms with van der Waals surface area (Å²) in [6.45, 7) is 4.93. The van der Waals surface area contributed by atoms with Crippen LogP contribution in [0.1, 0.15) is 36.3 Å². The van der Waals surface area contributed by atoms with Gasteiger partial charge in [-0.05, 0) is 30.7 Å². The van der Waals surface area contributed by atoms with Crippen molar-refractivity contribution in [2.45, 2.75) is 55.0 Å². The van der Waals surface area contributed by atoms with E-state index >= 15 is 0 Å². The van der Waals surface area contributed by atoms with Crippen molar-refractivity contribution in [3.05, 3.63) is 50.4 Å². The van der Waals surface area contributed by atoms with Crippen LogP contribution < -0.4 is 0 Å². The minimum absolute atomic E-state index is 0.0910. The number of nitrogens with zero attached hydrogens (tertiary/aromatic N) is 5. The highest BCUT2D eigenvalue weighted by molar-refractivity contribution is 7.99. The summed E-state index contributed by atoms with van der Waals surface area (Å²) in [6.07, 6.45) is 3.79. The SMILES string of the molecule is CCC1(C)Cc2c(sc3nc(SC)n4c(SCc5ccc([N+](=O)[O-])cc5)nnc4c23)CO1. The maximum atomic E-state index is 10.9. The summed E-state index contributed by atoms with van der Waals surface area (Å²) in [6, 6.07) is 6.61. The second-order valence-electron chi connectivity index (χ2n) is 7.91. The highest BCUT2D eigenvalue weighted by Crippen LogP contribution is 2.42. The summed E-state index contributed by atoms with van der Waals surface area (Å²) < 4.78 is 8.18. The molecule has 8 nitrogen and oxygen atoms in total.